The van der Waals surface area contributed by atoms with Crippen LogP contribution in [0.4, 0.5) is 17.1 Å². The van der Waals surface area contributed by atoms with E-state index in [9.17, 15) is 25.0 Å². The second-order valence-corrected chi connectivity index (χ2v) is 8.44. The molecule has 2 aromatic rings. The highest BCUT2D eigenvalue weighted by Crippen LogP contribution is 2.29. The van der Waals surface area contributed by atoms with E-state index in [0.29, 0.717) is 5.69 Å². The Hall–Kier alpha value is -2.73. The number of thiocarbonyl (C=S) groups is 1. The molecule has 0 heterocycles. The Morgan fingerprint density at radius 1 is 0.967 bits per heavy atom. The second-order valence-electron chi connectivity index (χ2n) is 5.66. The van der Waals surface area contributed by atoms with Crippen LogP contribution in [0.2, 0.25) is 0 Å². The Balaban J connectivity index is 2.09. The number of carbonyl (C=O) groups is 1. The highest BCUT2D eigenvalue weighted by Gasteiger charge is 2.35. The number of alkyl halides is 3. The molecule has 0 fully saturated rings. The quantitative estimate of drug-likeness (QED) is 0.181. The van der Waals surface area contributed by atoms with Crippen molar-refractivity contribution in [2.75, 3.05) is 5.32 Å². The molecule has 1 atom stereocenters. The number of hydrogen-bond acceptors (Lipinski definition) is 6. The van der Waals surface area contributed by atoms with E-state index in [1.807, 2.05) is 0 Å². The first-order chi connectivity index (χ1) is 14.0. The number of amides is 1. The Morgan fingerprint density at radius 2 is 1.57 bits per heavy atom. The topological polar surface area (TPSA) is 139 Å². The van der Waals surface area contributed by atoms with Crippen LogP contribution in [-0.4, -0.2) is 30.8 Å². The van der Waals surface area contributed by atoms with Crippen molar-refractivity contribution in [3.63, 3.8) is 0 Å². The first kappa shape index (κ1) is 23.5. The third-order valence-corrected chi connectivity index (χ3v) is 4.41. The normalized spacial score (nSPS) is 11.8. The van der Waals surface area contributed by atoms with Gasteiger partial charge in [-0.3, -0.25) is 25.0 Å². The van der Waals surface area contributed by atoms with Crippen LogP contribution in [0.5, 0.6) is 0 Å². The van der Waals surface area contributed by atoms with Crippen molar-refractivity contribution in [3.8, 4) is 0 Å². The first-order valence-corrected chi connectivity index (χ1v) is 9.45. The fraction of sp³-hybridized carbons (Fsp3) is 0.125. The molecule has 0 aliphatic carbocycles. The van der Waals surface area contributed by atoms with Gasteiger partial charge in [-0.2, -0.15) is 0 Å². The van der Waals surface area contributed by atoms with Crippen LogP contribution in [0.3, 0.4) is 0 Å². The summed E-state index contributed by atoms with van der Waals surface area (Å²) >= 11 is 22.8. The zero-order chi connectivity index (χ0) is 22.5. The minimum absolute atomic E-state index is 0.0826. The van der Waals surface area contributed by atoms with Gasteiger partial charge < -0.3 is 16.0 Å². The van der Waals surface area contributed by atoms with Gasteiger partial charge in [0.1, 0.15) is 6.17 Å². The molecule has 10 nitrogen and oxygen atoms in total. The van der Waals surface area contributed by atoms with E-state index >= 15 is 0 Å². The van der Waals surface area contributed by atoms with Gasteiger partial charge in [-0.15, -0.1) is 0 Å². The minimum atomic E-state index is -2.04. The van der Waals surface area contributed by atoms with E-state index in [0.717, 1.165) is 12.1 Å². The lowest BCUT2D eigenvalue weighted by Crippen LogP contribution is -2.56. The Labute approximate surface area is 189 Å². The zero-order valence-electron chi connectivity index (χ0n) is 14.7. The summed E-state index contributed by atoms with van der Waals surface area (Å²) in [6.07, 6.45) is -1.30. The fourth-order valence-electron chi connectivity index (χ4n) is 2.14. The Morgan fingerprint density at radius 3 is 2.10 bits per heavy atom. The van der Waals surface area contributed by atoms with E-state index < -0.39 is 25.7 Å². The molecule has 0 aliphatic heterocycles. The van der Waals surface area contributed by atoms with Gasteiger partial charge in [-0.05, 0) is 30.4 Å². The highest BCUT2D eigenvalue weighted by atomic mass is 35.6. The molecule has 1 amide bonds. The van der Waals surface area contributed by atoms with Crippen molar-refractivity contribution >= 4 is 75.1 Å². The summed E-state index contributed by atoms with van der Waals surface area (Å²) in [6, 6.07) is 10.3. The molecule has 0 saturated heterocycles. The van der Waals surface area contributed by atoms with Gasteiger partial charge in [0, 0.05) is 35.5 Å². The lowest BCUT2D eigenvalue weighted by Gasteiger charge is -2.27. The lowest BCUT2D eigenvalue weighted by atomic mass is 10.2. The van der Waals surface area contributed by atoms with Crippen LogP contribution in [0.25, 0.3) is 0 Å². The Bertz CT molecular complexity index is 984. The molecular formula is C16H12Cl3N5O5S. The molecule has 158 valence electrons. The van der Waals surface area contributed by atoms with Gasteiger partial charge in [0.05, 0.1) is 9.85 Å². The number of carbonyl (C=O) groups excluding carboxylic acids is 1. The van der Waals surface area contributed by atoms with Gasteiger partial charge in [0.2, 0.25) is 3.79 Å². The molecule has 2 aromatic carbocycles. The summed E-state index contributed by atoms with van der Waals surface area (Å²) in [5, 5.41) is 29.2. The number of rotatable bonds is 6. The number of hydrogen-bond donors (Lipinski definition) is 3. The molecule has 0 radical (unpaired) electrons. The predicted octanol–water partition coefficient (Wildman–Crippen LogP) is 3.92. The lowest BCUT2D eigenvalue weighted by molar-refractivity contribution is -0.385. The monoisotopic (exact) mass is 491 g/mol. The van der Waals surface area contributed by atoms with Crippen molar-refractivity contribution in [3.05, 3.63) is 74.3 Å². The van der Waals surface area contributed by atoms with Crippen LogP contribution >= 0.6 is 47.0 Å². The zero-order valence-corrected chi connectivity index (χ0v) is 17.8. The van der Waals surface area contributed by atoms with Gasteiger partial charge in [0.15, 0.2) is 5.11 Å². The third-order valence-electron chi connectivity index (χ3n) is 3.53. The van der Waals surface area contributed by atoms with Crippen molar-refractivity contribution in [2.45, 2.75) is 9.96 Å². The van der Waals surface area contributed by atoms with E-state index in [-0.39, 0.29) is 22.1 Å². The fourth-order valence-corrected chi connectivity index (χ4v) is 2.71. The summed E-state index contributed by atoms with van der Waals surface area (Å²) in [5.74, 6) is -0.688. The SMILES string of the molecule is O=C(NC(NC(=S)Nc1cccc([N+](=O)[O-])c1)C(Cl)(Cl)Cl)c1ccc([N+](=O)[O-])cc1. The number of benzene rings is 2. The molecule has 0 saturated carbocycles. The molecule has 2 rings (SSSR count). The average molecular weight is 493 g/mol. The molecule has 0 aliphatic rings. The highest BCUT2D eigenvalue weighted by molar-refractivity contribution is 7.80. The van der Waals surface area contributed by atoms with E-state index in [1.54, 1.807) is 0 Å². The van der Waals surface area contributed by atoms with Crippen LogP contribution in [0.1, 0.15) is 10.4 Å². The maximum atomic E-state index is 12.4. The number of nitrogens with one attached hydrogen (secondary N) is 3. The molecular weight excluding hydrogens is 481 g/mol. The van der Waals surface area contributed by atoms with E-state index in [4.69, 9.17) is 47.0 Å². The van der Waals surface area contributed by atoms with Crippen LogP contribution in [0.15, 0.2) is 48.5 Å². The molecule has 1 unspecified atom stereocenters. The maximum Gasteiger partial charge on any atom is 0.271 e. The number of halogens is 3. The van der Waals surface area contributed by atoms with Crippen molar-refractivity contribution in [1.82, 2.24) is 10.6 Å². The van der Waals surface area contributed by atoms with Crippen LogP contribution in [-0.2, 0) is 0 Å². The standard InChI is InChI=1S/C16H12Cl3N5O5S/c17-16(18,19)14(21-13(25)9-4-6-11(7-5-9)23(26)27)22-15(30)20-10-2-1-3-12(8-10)24(28)29/h1-8,14H,(H,21,25)(H2,20,22,30). The number of nitro groups is 2. The first-order valence-electron chi connectivity index (χ1n) is 7.91. The third kappa shape index (κ3) is 6.66. The summed E-state index contributed by atoms with van der Waals surface area (Å²) in [5.41, 5.74) is 0.0304. The second kappa shape index (κ2) is 9.85. The van der Waals surface area contributed by atoms with Crippen molar-refractivity contribution < 1.29 is 14.6 Å². The minimum Gasteiger partial charge on any atom is -0.339 e. The molecule has 0 aromatic heterocycles. The smallest absolute Gasteiger partial charge is 0.271 e. The maximum absolute atomic E-state index is 12.4. The summed E-state index contributed by atoms with van der Waals surface area (Å²) < 4.78 is -2.04. The van der Waals surface area contributed by atoms with Gasteiger partial charge >= 0.3 is 0 Å². The molecule has 30 heavy (non-hydrogen) atoms. The molecule has 3 N–H and O–H groups in total. The average Bonchev–Trinajstić information content (AvgIpc) is 2.66. The largest absolute Gasteiger partial charge is 0.339 e. The number of non-ortho nitro benzene ring substituents is 2. The van der Waals surface area contributed by atoms with E-state index in [2.05, 4.69) is 16.0 Å². The number of anilines is 1. The van der Waals surface area contributed by atoms with Crippen LogP contribution < -0.4 is 16.0 Å². The summed E-state index contributed by atoms with van der Waals surface area (Å²) in [6.45, 7) is 0. The van der Waals surface area contributed by atoms with Gasteiger partial charge in [0.25, 0.3) is 17.3 Å². The van der Waals surface area contributed by atoms with Gasteiger partial charge in [-0.1, -0.05) is 40.9 Å². The van der Waals surface area contributed by atoms with E-state index in [1.165, 1.54) is 36.4 Å². The van der Waals surface area contributed by atoms with Crippen LogP contribution in [0, 0.1) is 20.2 Å². The Kier molecular flexibility index (Phi) is 7.73. The molecule has 14 heteroatoms. The van der Waals surface area contributed by atoms with Crippen molar-refractivity contribution in [2.24, 2.45) is 0 Å². The summed E-state index contributed by atoms with van der Waals surface area (Å²) in [7, 11) is 0. The number of nitro benzene ring substituents is 2. The molecule has 0 spiro atoms. The molecule has 0 bridgehead atoms. The summed E-state index contributed by atoms with van der Waals surface area (Å²) in [4.78, 5) is 32.8. The van der Waals surface area contributed by atoms with Crippen molar-refractivity contribution in [1.29, 1.82) is 0 Å². The number of nitrogens with zero attached hydrogens (tertiary/aromatic N) is 2. The van der Waals surface area contributed by atoms with Gasteiger partial charge in [-0.25, -0.2) is 0 Å². The predicted molar refractivity (Wildman–Crippen MR) is 117 cm³/mol.